The highest BCUT2D eigenvalue weighted by molar-refractivity contribution is 6.33. The topological polar surface area (TPSA) is 141 Å². The first kappa shape index (κ1) is 40.0. The van der Waals surface area contributed by atoms with Crippen LogP contribution in [0.1, 0.15) is 35.4 Å². The normalized spacial score (nSPS) is 24.6. The molecule has 9 rings (SSSR count). The average molecular weight is 869 g/mol. The number of amides is 4. The molecular formula is C45H34Cl2F3N5O6. The maximum Gasteiger partial charge on any atom is 0.417 e. The smallest absolute Gasteiger partial charge is 0.417 e. The molecule has 6 unspecified atom stereocenters. The number of aromatic nitrogens is 1. The van der Waals surface area contributed by atoms with Gasteiger partial charge in [0.15, 0.2) is 5.82 Å². The van der Waals surface area contributed by atoms with Crippen LogP contribution in [-0.2, 0) is 30.8 Å². The Kier molecular flexibility index (Phi) is 9.82. The van der Waals surface area contributed by atoms with Gasteiger partial charge in [-0.2, -0.15) is 18.2 Å². The highest BCUT2D eigenvalue weighted by Gasteiger charge is 2.71. The van der Waals surface area contributed by atoms with Gasteiger partial charge in [-0.1, -0.05) is 71.2 Å². The number of imide groups is 2. The Hall–Kier alpha value is -6.38. The molecule has 61 heavy (non-hydrogen) atoms. The summed E-state index contributed by atoms with van der Waals surface area (Å²) >= 11 is 12.7. The Balaban J connectivity index is 1.16. The fraction of sp³-hybridized carbons (Fsp3) is 0.222. The second-order valence-electron chi connectivity index (χ2n) is 15.4. The Bertz CT molecular complexity index is 2650. The summed E-state index contributed by atoms with van der Waals surface area (Å²) in [6.45, 7) is 0. The number of carbonyl (C=O) groups excluding carboxylic acids is 4. The molecule has 3 fully saturated rings. The van der Waals surface area contributed by atoms with Crippen molar-refractivity contribution in [2.45, 2.75) is 30.4 Å². The van der Waals surface area contributed by atoms with E-state index in [-0.39, 0.29) is 30.2 Å². The number of alkyl halides is 3. The van der Waals surface area contributed by atoms with Crippen LogP contribution in [0.3, 0.4) is 0 Å². The number of aromatic hydroxyl groups is 1. The summed E-state index contributed by atoms with van der Waals surface area (Å²) in [6.07, 6.45) is -2.31. The van der Waals surface area contributed by atoms with Gasteiger partial charge in [-0.25, -0.2) is 4.98 Å². The van der Waals surface area contributed by atoms with E-state index in [2.05, 4.69) is 15.7 Å². The minimum Gasteiger partial charge on any atom is -0.508 e. The van der Waals surface area contributed by atoms with Gasteiger partial charge in [0.25, 0.3) is 11.8 Å². The summed E-state index contributed by atoms with van der Waals surface area (Å²) in [5, 5.41) is 14.4. The van der Waals surface area contributed by atoms with Crippen LogP contribution < -0.4 is 20.4 Å². The minimum atomic E-state index is -4.77. The van der Waals surface area contributed by atoms with Crippen LogP contribution in [0.15, 0.2) is 121 Å². The SMILES string of the molecule is COc1cc(O)ccc1C1C2=CCC3C(=O)N(c4ccc(Nc5ccccc5)cc4)C(=O)C3C2CC2C(=O)N(Nc3ncc(C(F)(F)F)cc3Cl)C(=O)C21c1ccc(Cl)cc1. The molecule has 6 atom stereocenters. The number of phenolic OH excluding ortho intramolecular Hbond substituents is 1. The van der Waals surface area contributed by atoms with Crippen molar-refractivity contribution >= 4 is 69.7 Å². The number of methoxy groups -OCH3 is 1. The molecule has 4 aromatic carbocycles. The van der Waals surface area contributed by atoms with E-state index < -0.39 is 75.4 Å². The van der Waals surface area contributed by atoms with Crippen molar-refractivity contribution in [3.63, 3.8) is 0 Å². The van der Waals surface area contributed by atoms with Crippen molar-refractivity contribution in [2.75, 3.05) is 22.8 Å². The number of hydrogen-bond donors (Lipinski definition) is 3. The number of nitrogens with zero attached hydrogens (tertiary/aromatic N) is 3. The van der Waals surface area contributed by atoms with Crippen LogP contribution in [0.2, 0.25) is 10.0 Å². The lowest BCUT2D eigenvalue weighted by Crippen LogP contribution is -2.53. The second kappa shape index (κ2) is 15.0. The number of hydrogen-bond acceptors (Lipinski definition) is 9. The molecule has 16 heteroatoms. The lowest BCUT2D eigenvalue weighted by atomic mass is 9.49. The fourth-order valence-corrected chi connectivity index (χ4v) is 10.0. The number of allylic oxidation sites excluding steroid dienone is 2. The number of ether oxygens (including phenoxy) is 1. The number of benzene rings is 4. The van der Waals surface area contributed by atoms with Gasteiger partial charge in [0.05, 0.1) is 46.6 Å². The molecule has 11 nitrogen and oxygen atoms in total. The molecular weight excluding hydrogens is 834 g/mol. The van der Waals surface area contributed by atoms with Crippen LogP contribution in [0.4, 0.5) is 36.1 Å². The molecule has 2 saturated heterocycles. The van der Waals surface area contributed by atoms with Crippen molar-refractivity contribution in [1.29, 1.82) is 0 Å². The summed E-state index contributed by atoms with van der Waals surface area (Å²) < 4.78 is 46.5. The molecule has 5 aromatic rings. The highest BCUT2D eigenvalue weighted by atomic mass is 35.5. The van der Waals surface area contributed by atoms with Gasteiger partial charge in [0.2, 0.25) is 11.8 Å². The van der Waals surface area contributed by atoms with E-state index in [4.69, 9.17) is 27.9 Å². The monoisotopic (exact) mass is 867 g/mol. The summed E-state index contributed by atoms with van der Waals surface area (Å²) in [4.78, 5) is 64.5. The van der Waals surface area contributed by atoms with E-state index >= 15 is 4.79 Å². The van der Waals surface area contributed by atoms with Crippen LogP contribution in [0.5, 0.6) is 11.5 Å². The minimum absolute atomic E-state index is 0.0732. The Morgan fingerprint density at radius 1 is 0.852 bits per heavy atom. The molecule has 1 saturated carbocycles. The van der Waals surface area contributed by atoms with E-state index in [0.29, 0.717) is 39.7 Å². The first-order valence-electron chi connectivity index (χ1n) is 19.2. The summed E-state index contributed by atoms with van der Waals surface area (Å²) in [5.41, 5.74) is 3.04. The first-order chi connectivity index (χ1) is 29.2. The van der Waals surface area contributed by atoms with Crippen LogP contribution in [0.25, 0.3) is 0 Å². The fourth-order valence-electron chi connectivity index (χ4n) is 9.70. The zero-order valence-corrected chi connectivity index (χ0v) is 33.5. The zero-order chi connectivity index (χ0) is 43.0. The third-order valence-electron chi connectivity index (χ3n) is 12.3. The molecule has 4 amide bonds. The van der Waals surface area contributed by atoms with Gasteiger partial charge in [0, 0.05) is 40.1 Å². The lowest BCUT2D eigenvalue weighted by molar-refractivity contribution is -0.139. The molecule has 2 aliphatic heterocycles. The molecule has 2 aliphatic carbocycles. The molecule has 3 N–H and O–H groups in total. The largest absolute Gasteiger partial charge is 0.508 e. The molecule has 3 heterocycles. The molecule has 1 aromatic heterocycles. The number of hydrazine groups is 1. The standard InChI is InChI=1S/C45H34Cl2F3N5O6/c1-61-36-20-29(56)15-16-31(36)38-30-17-18-32-37(42(59)54(40(32)57)28-13-11-27(12-14-28)52-26-5-3-2-4-6-26)33(30)21-34-41(58)55(43(60)44(34,38)23-7-9-25(46)10-8-23)53-39-35(47)19-24(22-51-39)45(48,49)50/h2-17,19-20,22,32-34,37-38,52,56H,18,21H2,1H3,(H,51,53). The van der Waals surface area contributed by atoms with E-state index in [1.165, 1.54) is 24.1 Å². The van der Waals surface area contributed by atoms with Gasteiger partial charge in [-0.3, -0.25) is 29.5 Å². The van der Waals surface area contributed by atoms with Crippen LogP contribution >= 0.6 is 23.2 Å². The van der Waals surface area contributed by atoms with Gasteiger partial charge in [0.1, 0.15) is 11.5 Å². The van der Waals surface area contributed by atoms with E-state index in [0.717, 1.165) is 16.4 Å². The third-order valence-corrected chi connectivity index (χ3v) is 12.8. The number of para-hydroxylation sites is 1. The third kappa shape index (κ3) is 6.47. The molecule has 310 valence electrons. The highest BCUT2D eigenvalue weighted by Crippen LogP contribution is 2.65. The Morgan fingerprint density at radius 2 is 1.56 bits per heavy atom. The van der Waals surface area contributed by atoms with E-state index in [9.17, 15) is 32.7 Å². The van der Waals surface area contributed by atoms with Crippen molar-refractivity contribution in [3.05, 3.63) is 148 Å². The summed E-state index contributed by atoms with van der Waals surface area (Å²) in [5.74, 6) is -7.50. The maximum absolute atomic E-state index is 15.5. The molecule has 0 radical (unpaired) electrons. The van der Waals surface area contributed by atoms with Crippen molar-refractivity contribution in [3.8, 4) is 11.5 Å². The van der Waals surface area contributed by atoms with Gasteiger partial charge < -0.3 is 15.2 Å². The number of halogens is 5. The van der Waals surface area contributed by atoms with Gasteiger partial charge in [-0.15, -0.1) is 0 Å². The number of carbonyl (C=O) groups is 4. The second-order valence-corrected chi connectivity index (χ2v) is 16.2. The molecule has 0 spiro atoms. The number of fused-ring (bicyclic) bond motifs is 4. The summed E-state index contributed by atoms with van der Waals surface area (Å²) in [6, 6.07) is 27.8. The summed E-state index contributed by atoms with van der Waals surface area (Å²) in [7, 11) is 1.39. The Morgan fingerprint density at radius 3 is 2.23 bits per heavy atom. The van der Waals surface area contributed by atoms with E-state index in [1.807, 2.05) is 36.4 Å². The van der Waals surface area contributed by atoms with Crippen LogP contribution in [-0.4, -0.2) is 45.8 Å². The quantitative estimate of drug-likeness (QED) is 0.103. The first-order valence-corrected chi connectivity index (χ1v) is 20.0. The van der Waals surface area contributed by atoms with Crippen molar-refractivity contribution < 1.29 is 42.2 Å². The maximum atomic E-state index is 15.5. The number of pyridine rings is 1. The average Bonchev–Trinajstić information content (AvgIpc) is 3.62. The number of phenols is 1. The van der Waals surface area contributed by atoms with Crippen LogP contribution in [0, 0.1) is 23.7 Å². The number of nitrogens with one attached hydrogen (secondary N) is 2. The molecule has 0 bridgehead atoms. The van der Waals surface area contributed by atoms with Gasteiger partial charge in [-0.05, 0) is 85.0 Å². The Labute approximate surface area is 356 Å². The lowest BCUT2D eigenvalue weighted by Gasteiger charge is -2.50. The van der Waals surface area contributed by atoms with Crippen molar-refractivity contribution in [1.82, 2.24) is 9.99 Å². The van der Waals surface area contributed by atoms with Crippen molar-refractivity contribution in [2.24, 2.45) is 23.7 Å². The number of rotatable bonds is 8. The van der Waals surface area contributed by atoms with E-state index in [1.54, 1.807) is 54.6 Å². The number of anilines is 4. The molecule has 4 aliphatic rings. The predicted octanol–water partition coefficient (Wildman–Crippen LogP) is 9.05. The van der Waals surface area contributed by atoms with Gasteiger partial charge >= 0.3 is 6.18 Å². The predicted molar refractivity (Wildman–Crippen MR) is 220 cm³/mol. The zero-order valence-electron chi connectivity index (χ0n) is 32.0.